The van der Waals surface area contributed by atoms with Crippen LogP contribution in [0.15, 0.2) is 60.7 Å². The minimum atomic E-state index is -1.76. The Bertz CT molecular complexity index is 1510. The highest BCUT2D eigenvalue weighted by Crippen LogP contribution is 2.34. The summed E-state index contributed by atoms with van der Waals surface area (Å²) in [5.74, 6) is -2.47. The Morgan fingerprint density at radius 3 is 2.02 bits per heavy atom. The van der Waals surface area contributed by atoms with Crippen molar-refractivity contribution in [2.24, 2.45) is 5.92 Å². The van der Waals surface area contributed by atoms with Gasteiger partial charge < -0.3 is 74.3 Å². The van der Waals surface area contributed by atoms with E-state index in [4.69, 9.17) is 28.4 Å². The zero-order chi connectivity index (χ0) is 40.6. The summed E-state index contributed by atoms with van der Waals surface area (Å²) in [7, 11) is 0. The maximum absolute atomic E-state index is 14.0. The fourth-order valence-electron chi connectivity index (χ4n) is 8.32. The SMILES string of the molecule is CC1OC(OC2C(CNC(=O)C(c3ccccc3)c3ccccc3)OCCC2OC2OC(CO)C(O)C(OC(CC3CCCCC3)C(=O)[O-])C2O)C(O)C(O)C1O. The van der Waals surface area contributed by atoms with Gasteiger partial charge in [0.2, 0.25) is 5.91 Å². The molecule has 4 fully saturated rings. The number of hydrogen-bond acceptors (Lipinski definition) is 15. The fraction of sp³-hybridized carbons (Fsp3) is 0.659. The molecule has 14 atom stereocenters. The second kappa shape index (κ2) is 20.2. The summed E-state index contributed by atoms with van der Waals surface area (Å²) in [6.45, 7) is 0.710. The zero-order valence-electron chi connectivity index (χ0n) is 31.9. The van der Waals surface area contributed by atoms with E-state index in [-0.39, 0.29) is 37.8 Å². The van der Waals surface area contributed by atoms with Crippen LogP contribution in [0.4, 0.5) is 0 Å². The molecule has 1 aliphatic carbocycles. The monoisotopic (exact) mass is 802 g/mol. The predicted octanol–water partition coefficient (Wildman–Crippen LogP) is -0.765. The summed E-state index contributed by atoms with van der Waals surface area (Å²) >= 11 is 0. The average molecular weight is 803 g/mol. The molecular weight excluding hydrogens is 746 g/mol. The molecule has 3 aliphatic heterocycles. The highest BCUT2D eigenvalue weighted by Gasteiger charge is 2.51. The van der Waals surface area contributed by atoms with Gasteiger partial charge in [-0.25, -0.2) is 0 Å². The summed E-state index contributed by atoms with van der Waals surface area (Å²) in [4.78, 5) is 26.2. The van der Waals surface area contributed by atoms with Gasteiger partial charge in [0, 0.05) is 13.2 Å². The first-order valence-electron chi connectivity index (χ1n) is 19.9. The first kappa shape index (κ1) is 43.5. The van der Waals surface area contributed by atoms with E-state index in [1.807, 2.05) is 60.7 Å². The number of hydrogen-bond donors (Lipinski definition) is 7. The van der Waals surface area contributed by atoms with Crippen LogP contribution >= 0.6 is 0 Å². The van der Waals surface area contributed by atoms with Crippen LogP contribution in [0.3, 0.4) is 0 Å². The molecule has 4 aliphatic rings. The fourth-order valence-corrected chi connectivity index (χ4v) is 8.32. The molecule has 16 heteroatoms. The number of aliphatic hydroxyl groups is 6. The van der Waals surface area contributed by atoms with Gasteiger partial charge in [0.25, 0.3) is 0 Å². The molecule has 316 valence electrons. The summed E-state index contributed by atoms with van der Waals surface area (Å²) < 4.78 is 36.2. The Balaban J connectivity index is 1.22. The Morgan fingerprint density at radius 2 is 1.40 bits per heavy atom. The standard InChI is InChI=1S/C41H57NO15/c1-22-31(44)33(46)34(47)40(53-22)57-36-26(17-18-52-28(36)20-42-38(49)30(24-13-7-3-8-14-24)25-15-9-4-10-16-25)55-41-35(48)37(32(45)29(21-43)56-41)54-27(39(50)51)19-23-11-5-2-6-12-23/h3-4,7-10,13-16,22-23,26-37,40-41,43-48H,2,5-6,11-12,17-21H2,1H3,(H,42,49)(H,50,51)/p-1. The minimum Gasteiger partial charge on any atom is -0.547 e. The van der Waals surface area contributed by atoms with Gasteiger partial charge in [0.1, 0.15) is 54.9 Å². The van der Waals surface area contributed by atoms with Crippen molar-refractivity contribution in [3.63, 3.8) is 0 Å². The zero-order valence-corrected chi connectivity index (χ0v) is 31.9. The molecule has 14 unspecified atom stereocenters. The van der Waals surface area contributed by atoms with E-state index in [9.17, 15) is 45.3 Å². The molecule has 57 heavy (non-hydrogen) atoms. The number of carboxylic acid groups (broad SMARTS) is 1. The van der Waals surface area contributed by atoms with E-state index in [2.05, 4.69) is 5.32 Å². The first-order chi connectivity index (χ1) is 27.5. The lowest BCUT2D eigenvalue weighted by Crippen LogP contribution is -2.64. The van der Waals surface area contributed by atoms with Gasteiger partial charge in [-0.1, -0.05) is 92.8 Å². The van der Waals surface area contributed by atoms with E-state index in [1.165, 1.54) is 6.92 Å². The van der Waals surface area contributed by atoms with Crippen LogP contribution in [0.5, 0.6) is 0 Å². The molecule has 1 amide bonds. The molecule has 2 aromatic carbocycles. The van der Waals surface area contributed by atoms with Gasteiger partial charge in [-0.2, -0.15) is 0 Å². The van der Waals surface area contributed by atoms with Crippen molar-refractivity contribution in [2.75, 3.05) is 19.8 Å². The van der Waals surface area contributed by atoms with Gasteiger partial charge in [-0.15, -0.1) is 0 Å². The van der Waals surface area contributed by atoms with Crippen LogP contribution in [0.2, 0.25) is 0 Å². The lowest BCUT2D eigenvalue weighted by molar-refractivity contribution is -0.359. The van der Waals surface area contributed by atoms with E-state index in [0.717, 1.165) is 43.2 Å². The topological polar surface area (TPSA) is 246 Å². The van der Waals surface area contributed by atoms with Gasteiger partial charge in [0.05, 0.1) is 36.8 Å². The largest absolute Gasteiger partial charge is 0.547 e. The summed E-state index contributed by atoms with van der Waals surface area (Å²) in [6.07, 6.45) is -14.9. The van der Waals surface area contributed by atoms with E-state index in [0.29, 0.717) is 0 Å². The Hall–Kier alpha value is -3.10. The van der Waals surface area contributed by atoms with Gasteiger partial charge in [-0.05, 0) is 36.8 Å². The smallest absolute Gasteiger partial charge is 0.232 e. The Morgan fingerprint density at radius 1 is 0.772 bits per heavy atom. The van der Waals surface area contributed by atoms with Crippen molar-refractivity contribution in [3.05, 3.63) is 71.8 Å². The number of rotatable bonds is 15. The molecule has 0 radical (unpaired) electrons. The maximum Gasteiger partial charge on any atom is 0.232 e. The second-order valence-electron chi connectivity index (χ2n) is 15.5. The van der Waals surface area contributed by atoms with E-state index < -0.39 is 104 Å². The third-order valence-electron chi connectivity index (χ3n) is 11.6. The normalized spacial score (nSPS) is 35.8. The number of aliphatic carboxylic acids is 1. The Kier molecular flexibility index (Phi) is 15.4. The van der Waals surface area contributed by atoms with Crippen LogP contribution in [0.25, 0.3) is 0 Å². The quantitative estimate of drug-likeness (QED) is 0.117. The van der Waals surface area contributed by atoms with E-state index in [1.54, 1.807) is 0 Å². The van der Waals surface area contributed by atoms with E-state index >= 15 is 0 Å². The molecule has 2 aromatic rings. The van der Waals surface area contributed by atoms with Crippen molar-refractivity contribution >= 4 is 11.9 Å². The molecule has 1 saturated carbocycles. The van der Waals surface area contributed by atoms with Crippen molar-refractivity contribution in [1.82, 2.24) is 5.32 Å². The highest BCUT2D eigenvalue weighted by molar-refractivity contribution is 5.87. The van der Waals surface area contributed by atoms with Crippen molar-refractivity contribution in [2.45, 2.75) is 144 Å². The Labute approximate surface area is 331 Å². The van der Waals surface area contributed by atoms with Crippen LogP contribution in [-0.4, -0.2) is 148 Å². The molecule has 7 N–H and O–H groups in total. The molecule has 16 nitrogen and oxygen atoms in total. The third kappa shape index (κ3) is 10.6. The number of aliphatic hydroxyl groups excluding tert-OH is 6. The second-order valence-corrected chi connectivity index (χ2v) is 15.5. The molecule has 3 saturated heterocycles. The van der Waals surface area contributed by atoms with Crippen LogP contribution in [0, 0.1) is 5.92 Å². The minimum absolute atomic E-state index is 0.0596. The van der Waals surface area contributed by atoms with Gasteiger partial charge in [0.15, 0.2) is 12.6 Å². The summed E-state index contributed by atoms with van der Waals surface area (Å²) in [6, 6.07) is 18.4. The van der Waals surface area contributed by atoms with Gasteiger partial charge >= 0.3 is 0 Å². The molecular formula is C41H56NO15-. The summed E-state index contributed by atoms with van der Waals surface area (Å²) in [5, 5.41) is 79.8. The lowest BCUT2D eigenvalue weighted by atomic mass is 9.85. The molecule has 0 spiro atoms. The van der Waals surface area contributed by atoms with Crippen molar-refractivity contribution in [3.8, 4) is 0 Å². The van der Waals surface area contributed by atoms with Crippen molar-refractivity contribution in [1.29, 1.82) is 0 Å². The number of carbonyl (C=O) groups excluding carboxylic acids is 2. The number of carboxylic acids is 1. The highest BCUT2D eigenvalue weighted by atomic mass is 16.7. The van der Waals surface area contributed by atoms with Gasteiger partial charge in [-0.3, -0.25) is 4.79 Å². The molecule has 6 rings (SSSR count). The lowest BCUT2D eigenvalue weighted by Gasteiger charge is -2.47. The molecule has 0 bridgehead atoms. The molecule has 0 aromatic heterocycles. The number of nitrogens with one attached hydrogen (secondary N) is 1. The molecule has 3 heterocycles. The first-order valence-corrected chi connectivity index (χ1v) is 19.9. The van der Waals surface area contributed by atoms with Crippen LogP contribution in [0.1, 0.15) is 68.9 Å². The maximum atomic E-state index is 14.0. The third-order valence-corrected chi connectivity index (χ3v) is 11.6. The number of amides is 1. The van der Waals surface area contributed by atoms with Crippen LogP contribution < -0.4 is 10.4 Å². The summed E-state index contributed by atoms with van der Waals surface area (Å²) in [5.41, 5.74) is 1.50. The average Bonchev–Trinajstić information content (AvgIpc) is 3.22. The van der Waals surface area contributed by atoms with Crippen molar-refractivity contribution < 1.29 is 73.8 Å². The number of benzene rings is 2. The van der Waals surface area contributed by atoms with Crippen LogP contribution in [-0.2, 0) is 38.0 Å². The number of carbonyl (C=O) groups is 2. The predicted molar refractivity (Wildman–Crippen MR) is 197 cm³/mol. The number of ether oxygens (including phenoxy) is 6.